The fourth-order valence-corrected chi connectivity index (χ4v) is 2.57. The van der Waals surface area contributed by atoms with Gasteiger partial charge in [-0.1, -0.05) is 6.07 Å². The highest BCUT2D eigenvalue weighted by molar-refractivity contribution is 9.10. The Labute approximate surface area is 121 Å². The van der Waals surface area contributed by atoms with E-state index >= 15 is 0 Å². The molecule has 0 amide bonds. The zero-order valence-corrected chi connectivity index (χ0v) is 12.3. The van der Waals surface area contributed by atoms with E-state index in [0.29, 0.717) is 4.47 Å². The summed E-state index contributed by atoms with van der Waals surface area (Å²) in [6.07, 6.45) is 3.34. The normalized spacial score (nSPS) is 10.4. The van der Waals surface area contributed by atoms with Crippen LogP contribution in [0.1, 0.15) is 15.9 Å². The number of aromatic nitrogens is 1. The smallest absolute Gasteiger partial charge is 0.171 e. The van der Waals surface area contributed by atoms with Crippen molar-refractivity contribution in [3.05, 3.63) is 62.5 Å². The largest absolute Gasteiger partial charge is 0.294 e. The van der Waals surface area contributed by atoms with Gasteiger partial charge in [-0.05, 0) is 55.6 Å². The zero-order chi connectivity index (χ0) is 13.1. The summed E-state index contributed by atoms with van der Waals surface area (Å²) in [5.41, 5.74) is 0.821. The molecule has 0 unspecified atom stereocenters. The van der Waals surface area contributed by atoms with Crippen LogP contribution in [0.5, 0.6) is 0 Å². The van der Waals surface area contributed by atoms with Crippen LogP contribution in [0.15, 0.2) is 45.6 Å². The van der Waals surface area contributed by atoms with Gasteiger partial charge >= 0.3 is 0 Å². The quantitative estimate of drug-likeness (QED) is 0.757. The van der Waals surface area contributed by atoms with E-state index in [0.717, 1.165) is 10.0 Å². The van der Waals surface area contributed by atoms with Gasteiger partial charge in [-0.3, -0.25) is 9.78 Å². The Bertz CT molecular complexity index is 581. The number of halogens is 3. The maximum absolute atomic E-state index is 13.6. The first-order chi connectivity index (χ1) is 8.58. The van der Waals surface area contributed by atoms with Gasteiger partial charge in [0.25, 0.3) is 0 Å². The van der Waals surface area contributed by atoms with Crippen LogP contribution in [0.4, 0.5) is 4.39 Å². The molecule has 1 aromatic heterocycles. The van der Waals surface area contributed by atoms with Crippen LogP contribution in [0.25, 0.3) is 0 Å². The number of benzene rings is 1. The predicted octanol–water partition coefficient (Wildman–Crippen LogP) is 4.17. The number of ketones is 1. The molecule has 0 spiro atoms. The predicted molar refractivity (Wildman–Crippen MR) is 74.1 cm³/mol. The molecule has 2 nitrogen and oxygen atoms in total. The van der Waals surface area contributed by atoms with Crippen LogP contribution in [0.2, 0.25) is 0 Å². The van der Waals surface area contributed by atoms with Crippen molar-refractivity contribution in [1.82, 2.24) is 4.98 Å². The molecule has 0 fully saturated rings. The zero-order valence-electron chi connectivity index (χ0n) is 9.16. The molecular weight excluding hydrogens is 365 g/mol. The first-order valence-electron chi connectivity index (χ1n) is 5.14. The number of rotatable bonds is 3. The van der Waals surface area contributed by atoms with Crippen molar-refractivity contribution in [2.75, 3.05) is 0 Å². The Morgan fingerprint density at radius 1 is 1.28 bits per heavy atom. The Morgan fingerprint density at radius 3 is 2.72 bits per heavy atom. The topological polar surface area (TPSA) is 30.0 Å². The second-order valence-corrected chi connectivity index (χ2v) is 5.48. The number of carbonyl (C=O) groups excluding carboxylic acids is 1. The average Bonchev–Trinajstić information content (AvgIpc) is 2.28. The van der Waals surface area contributed by atoms with E-state index in [1.165, 1.54) is 6.07 Å². The van der Waals surface area contributed by atoms with Gasteiger partial charge in [-0.2, -0.15) is 0 Å². The van der Waals surface area contributed by atoms with Gasteiger partial charge in [0.15, 0.2) is 5.78 Å². The molecule has 0 radical (unpaired) electrons. The van der Waals surface area contributed by atoms with Gasteiger partial charge < -0.3 is 0 Å². The summed E-state index contributed by atoms with van der Waals surface area (Å²) in [4.78, 5) is 16.0. The van der Waals surface area contributed by atoms with E-state index < -0.39 is 5.82 Å². The van der Waals surface area contributed by atoms with Gasteiger partial charge in [-0.25, -0.2) is 4.39 Å². The van der Waals surface area contributed by atoms with Crippen LogP contribution in [-0.4, -0.2) is 10.8 Å². The van der Waals surface area contributed by atoms with Crippen molar-refractivity contribution in [1.29, 1.82) is 0 Å². The molecule has 92 valence electrons. The number of pyridine rings is 1. The standard InChI is InChI=1S/C13H8Br2FNO/c14-9-4-8(6-17-7-9)5-12(18)13-10(15)2-1-3-11(13)16/h1-4,6-7H,5H2. The molecule has 1 heterocycles. The lowest BCUT2D eigenvalue weighted by atomic mass is 10.0. The number of hydrogen-bond donors (Lipinski definition) is 0. The van der Waals surface area contributed by atoms with Gasteiger partial charge in [0.2, 0.25) is 0 Å². The molecule has 2 aromatic rings. The summed E-state index contributed by atoms with van der Waals surface area (Å²) in [6.45, 7) is 0. The second kappa shape index (κ2) is 5.71. The number of carbonyl (C=O) groups is 1. The fraction of sp³-hybridized carbons (Fsp3) is 0.0769. The number of hydrogen-bond acceptors (Lipinski definition) is 2. The van der Waals surface area contributed by atoms with Crippen molar-refractivity contribution in [2.24, 2.45) is 0 Å². The molecule has 2 rings (SSSR count). The summed E-state index contributed by atoms with van der Waals surface area (Å²) < 4.78 is 14.9. The highest BCUT2D eigenvalue weighted by atomic mass is 79.9. The third-order valence-corrected chi connectivity index (χ3v) is 3.46. The fourth-order valence-electron chi connectivity index (χ4n) is 1.59. The minimum absolute atomic E-state index is 0.0810. The monoisotopic (exact) mass is 371 g/mol. The Hall–Kier alpha value is -1.07. The van der Waals surface area contributed by atoms with E-state index in [9.17, 15) is 9.18 Å². The molecule has 0 N–H and O–H groups in total. The molecule has 5 heteroatoms. The van der Waals surface area contributed by atoms with Crippen molar-refractivity contribution in [2.45, 2.75) is 6.42 Å². The van der Waals surface area contributed by atoms with Crippen molar-refractivity contribution >= 4 is 37.6 Å². The first kappa shape index (κ1) is 13.4. The minimum atomic E-state index is -0.516. The van der Waals surface area contributed by atoms with Gasteiger partial charge in [0.05, 0.1) is 5.56 Å². The molecule has 0 aliphatic carbocycles. The van der Waals surface area contributed by atoms with Crippen LogP contribution < -0.4 is 0 Å². The van der Waals surface area contributed by atoms with E-state index in [-0.39, 0.29) is 17.8 Å². The Balaban J connectivity index is 2.28. The molecular formula is C13H8Br2FNO. The lowest BCUT2D eigenvalue weighted by molar-refractivity contribution is 0.0988. The molecule has 0 saturated carbocycles. The lowest BCUT2D eigenvalue weighted by Crippen LogP contribution is -2.07. The first-order valence-corrected chi connectivity index (χ1v) is 6.73. The van der Waals surface area contributed by atoms with E-state index in [4.69, 9.17) is 0 Å². The highest BCUT2D eigenvalue weighted by Crippen LogP contribution is 2.22. The SMILES string of the molecule is O=C(Cc1cncc(Br)c1)c1c(F)cccc1Br. The average molecular weight is 373 g/mol. The van der Waals surface area contributed by atoms with Gasteiger partial charge in [-0.15, -0.1) is 0 Å². The molecule has 1 aromatic carbocycles. The highest BCUT2D eigenvalue weighted by Gasteiger charge is 2.15. The minimum Gasteiger partial charge on any atom is -0.294 e. The maximum atomic E-state index is 13.6. The summed E-state index contributed by atoms with van der Waals surface area (Å²) in [5.74, 6) is -0.794. The Morgan fingerprint density at radius 2 is 2.06 bits per heavy atom. The maximum Gasteiger partial charge on any atom is 0.171 e. The van der Waals surface area contributed by atoms with E-state index in [1.54, 1.807) is 30.6 Å². The van der Waals surface area contributed by atoms with Crippen molar-refractivity contribution in [3.63, 3.8) is 0 Å². The van der Waals surface area contributed by atoms with Crippen molar-refractivity contribution in [3.8, 4) is 0 Å². The number of Topliss-reactive ketones (excluding diaryl/α,β-unsaturated/α-hetero) is 1. The van der Waals surface area contributed by atoms with Crippen LogP contribution >= 0.6 is 31.9 Å². The summed E-state index contributed by atoms with van der Waals surface area (Å²) in [6, 6.07) is 6.27. The van der Waals surface area contributed by atoms with Crippen LogP contribution in [0.3, 0.4) is 0 Å². The van der Waals surface area contributed by atoms with E-state index in [1.807, 2.05) is 0 Å². The summed E-state index contributed by atoms with van der Waals surface area (Å²) in [5, 5.41) is 0. The van der Waals surface area contributed by atoms with Crippen molar-refractivity contribution < 1.29 is 9.18 Å². The lowest BCUT2D eigenvalue weighted by Gasteiger charge is -2.05. The summed E-state index contributed by atoms with van der Waals surface area (Å²) in [7, 11) is 0. The molecule has 0 atom stereocenters. The van der Waals surface area contributed by atoms with Crippen LogP contribution in [0, 0.1) is 5.82 Å². The van der Waals surface area contributed by atoms with Crippen LogP contribution in [-0.2, 0) is 6.42 Å². The molecule has 0 aliphatic rings. The number of nitrogens with zero attached hydrogens (tertiary/aromatic N) is 1. The third-order valence-electron chi connectivity index (χ3n) is 2.37. The van der Waals surface area contributed by atoms with Gasteiger partial charge in [0, 0.05) is 27.8 Å². The molecule has 18 heavy (non-hydrogen) atoms. The van der Waals surface area contributed by atoms with E-state index in [2.05, 4.69) is 36.8 Å². The molecule has 0 aliphatic heterocycles. The Kier molecular flexibility index (Phi) is 4.24. The van der Waals surface area contributed by atoms with Gasteiger partial charge in [0.1, 0.15) is 5.82 Å². The summed E-state index contributed by atoms with van der Waals surface area (Å²) >= 11 is 6.47. The second-order valence-electron chi connectivity index (χ2n) is 3.71. The molecule has 0 bridgehead atoms. The third kappa shape index (κ3) is 3.03. The molecule has 0 saturated heterocycles.